The van der Waals surface area contributed by atoms with Crippen LogP contribution in [0, 0.1) is 11.8 Å². The van der Waals surface area contributed by atoms with Crippen molar-refractivity contribution in [3.05, 3.63) is 33.8 Å². The van der Waals surface area contributed by atoms with Crippen molar-refractivity contribution < 1.29 is 14.3 Å². The van der Waals surface area contributed by atoms with Crippen molar-refractivity contribution in [2.45, 2.75) is 39.7 Å². The van der Waals surface area contributed by atoms with Gasteiger partial charge in [-0.15, -0.1) is 0 Å². The lowest BCUT2D eigenvalue weighted by Gasteiger charge is -2.32. The van der Waals surface area contributed by atoms with E-state index >= 15 is 0 Å². The lowest BCUT2D eigenvalue weighted by Crippen LogP contribution is -2.39. The van der Waals surface area contributed by atoms with Gasteiger partial charge in [-0.2, -0.15) is 0 Å². The highest BCUT2D eigenvalue weighted by atomic mass is 35.5. The number of benzene rings is 1. The van der Waals surface area contributed by atoms with Gasteiger partial charge in [0.2, 0.25) is 5.91 Å². The first-order chi connectivity index (χ1) is 11.3. The topological polar surface area (TPSA) is 46.6 Å². The second-order valence-corrected chi connectivity index (χ2v) is 7.33. The number of rotatable bonds is 4. The lowest BCUT2D eigenvalue weighted by atomic mass is 9.95. The molecule has 1 saturated heterocycles. The van der Waals surface area contributed by atoms with Gasteiger partial charge in [0.25, 0.3) is 0 Å². The van der Waals surface area contributed by atoms with Crippen molar-refractivity contribution in [2.24, 2.45) is 11.8 Å². The predicted octanol–water partition coefficient (Wildman–Crippen LogP) is 4.49. The molecule has 1 fully saturated rings. The molecule has 0 aromatic heterocycles. The minimum atomic E-state index is -0.482. The zero-order chi connectivity index (χ0) is 17.9. The van der Waals surface area contributed by atoms with Crippen LogP contribution in [0.4, 0.5) is 0 Å². The summed E-state index contributed by atoms with van der Waals surface area (Å²) in [4.78, 5) is 25.7. The van der Waals surface area contributed by atoms with Crippen molar-refractivity contribution in [1.29, 1.82) is 0 Å². The summed E-state index contributed by atoms with van der Waals surface area (Å²) < 4.78 is 5.78. The van der Waals surface area contributed by atoms with Crippen LogP contribution >= 0.6 is 23.2 Å². The van der Waals surface area contributed by atoms with Gasteiger partial charge in [-0.05, 0) is 30.9 Å². The van der Waals surface area contributed by atoms with E-state index in [4.69, 9.17) is 27.9 Å². The van der Waals surface area contributed by atoms with Crippen LogP contribution in [0.3, 0.4) is 0 Å². The largest absolute Gasteiger partial charge is 0.457 e. The molecule has 24 heavy (non-hydrogen) atoms. The monoisotopic (exact) mass is 371 g/mol. The van der Waals surface area contributed by atoms with Crippen LogP contribution in [0.15, 0.2) is 18.2 Å². The van der Waals surface area contributed by atoms with Crippen LogP contribution in [0.1, 0.15) is 45.3 Å². The molecular formula is C18H23Cl2NO3. The van der Waals surface area contributed by atoms with E-state index in [0.717, 1.165) is 0 Å². The Morgan fingerprint density at radius 2 is 1.71 bits per heavy atom. The van der Waals surface area contributed by atoms with Gasteiger partial charge in [0.15, 0.2) is 0 Å². The number of carbonyl (C=O) groups is 2. The summed E-state index contributed by atoms with van der Waals surface area (Å²) in [6.07, 6.45) is 0.767. The Bertz CT molecular complexity index is 590. The molecule has 0 saturated carbocycles. The number of amides is 1. The summed E-state index contributed by atoms with van der Waals surface area (Å²) in [6, 6.07) is 5.26. The molecule has 4 nitrogen and oxygen atoms in total. The van der Waals surface area contributed by atoms with E-state index in [1.54, 1.807) is 30.0 Å². The van der Waals surface area contributed by atoms with Crippen LogP contribution in [0.2, 0.25) is 10.0 Å². The quantitative estimate of drug-likeness (QED) is 0.732. The number of halogens is 2. The molecule has 6 heteroatoms. The molecule has 132 valence electrons. The Morgan fingerprint density at radius 3 is 2.17 bits per heavy atom. The van der Waals surface area contributed by atoms with Crippen molar-refractivity contribution in [2.75, 3.05) is 13.1 Å². The molecule has 1 heterocycles. The summed E-state index contributed by atoms with van der Waals surface area (Å²) in [5.74, 6) is -0.343. The molecule has 2 rings (SSSR count). The van der Waals surface area contributed by atoms with Crippen molar-refractivity contribution in [3.8, 4) is 0 Å². The van der Waals surface area contributed by atoms with E-state index in [1.807, 2.05) is 13.8 Å². The standard InChI is InChI=1S/C18H23Cl2NO3/c1-11(2)17(16-14(19)5-4-6-15(16)20)24-18(23)13-7-9-21(10-8-13)12(3)22/h4-6,11,13,17H,7-10H2,1-3H3/t17-/m1/s1. The molecule has 1 aliphatic rings. The Balaban J connectivity index is 2.09. The summed E-state index contributed by atoms with van der Waals surface area (Å²) in [5, 5.41) is 1.00. The molecule has 1 aliphatic heterocycles. The SMILES string of the molecule is CC(=O)N1CCC(C(=O)O[C@@H](c2c(Cl)cccc2Cl)C(C)C)CC1. The third kappa shape index (κ3) is 4.42. The van der Waals surface area contributed by atoms with Gasteiger partial charge in [0.1, 0.15) is 6.10 Å². The summed E-state index contributed by atoms with van der Waals surface area (Å²) in [7, 11) is 0. The number of hydrogen-bond donors (Lipinski definition) is 0. The Morgan fingerprint density at radius 1 is 1.17 bits per heavy atom. The average Bonchev–Trinajstić information content (AvgIpc) is 2.53. The third-order valence-corrected chi connectivity index (χ3v) is 5.07. The maximum Gasteiger partial charge on any atom is 0.309 e. The van der Waals surface area contributed by atoms with Crippen LogP contribution < -0.4 is 0 Å². The van der Waals surface area contributed by atoms with Crippen molar-refractivity contribution >= 4 is 35.1 Å². The zero-order valence-corrected chi connectivity index (χ0v) is 15.7. The molecule has 0 unspecified atom stereocenters. The van der Waals surface area contributed by atoms with Gasteiger partial charge >= 0.3 is 5.97 Å². The first kappa shape index (κ1) is 19.1. The number of hydrogen-bond acceptors (Lipinski definition) is 3. The molecule has 1 amide bonds. The summed E-state index contributed by atoms with van der Waals surface area (Å²) in [5.41, 5.74) is 0.658. The minimum absolute atomic E-state index is 0.0451. The van der Waals surface area contributed by atoms with Crippen LogP contribution in [-0.4, -0.2) is 29.9 Å². The number of esters is 1. The van der Waals surface area contributed by atoms with Crippen molar-refractivity contribution in [3.63, 3.8) is 0 Å². The van der Waals surface area contributed by atoms with Crippen LogP contribution in [0.25, 0.3) is 0 Å². The first-order valence-corrected chi connectivity index (χ1v) is 8.96. The van der Waals surface area contributed by atoms with Gasteiger partial charge in [-0.25, -0.2) is 0 Å². The van der Waals surface area contributed by atoms with E-state index in [-0.39, 0.29) is 23.7 Å². The smallest absolute Gasteiger partial charge is 0.309 e. The second kappa shape index (κ2) is 8.21. The Kier molecular flexibility index (Phi) is 6.53. The van der Waals surface area contributed by atoms with Crippen LogP contribution in [0.5, 0.6) is 0 Å². The molecule has 0 spiro atoms. The lowest BCUT2D eigenvalue weighted by molar-refractivity contribution is -0.159. The van der Waals surface area contributed by atoms with Crippen LogP contribution in [-0.2, 0) is 14.3 Å². The predicted molar refractivity (Wildman–Crippen MR) is 95.1 cm³/mol. The number of ether oxygens (including phenoxy) is 1. The van der Waals surface area contributed by atoms with Gasteiger partial charge in [0.05, 0.1) is 5.92 Å². The minimum Gasteiger partial charge on any atom is -0.457 e. The molecule has 1 aromatic rings. The molecule has 0 aliphatic carbocycles. The fourth-order valence-corrected chi connectivity index (χ4v) is 3.57. The van der Waals surface area contributed by atoms with Gasteiger partial charge in [-0.1, -0.05) is 43.1 Å². The Hall–Kier alpha value is -1.26. The highest BCUT2D eigenvalue weighted by Crippen LogP contribution is 2.37. The maximum atomic E-state index is 12.6. The number of carbonyl (C=O) groups excluding carboxylic acids is 2. The summed E-state index contributed by atoms with van der Waals surface area (Å²) in [6.45, 7) is 6.67. The molecule has 1 atom stereocenters. The van der Waals surface area contributed by atoms with Gasteiger partial charge in [0, 0.05) is 35.6 Å². The van der Waals surface area contributed by atoms with Crippen molar-refractivity contribution in [1.82, 2.24) is 4.90 Å². The number of likely N-dealkylation sites (tertiary alicyclic amines) is 1. The summed E-state index contributed by atoms with van der Waals surface area (Å²) >= 11 is 12.5. The zero-order valence-electron chi connectivity index (χ0n) is 14.2. The first-order valence-electron chi connectivity index (χ1n) is 8.21. The third-order valence-electron chi connectivity index (χ3n) is 4.41. The second-order valence-electron chi connectivity index (χ2n) is 6.52. The Labute approximate surface area is 153 Å². The highest BCUT2D eigenvalue weighted by Gasteiger charge is 2.31. The van der Waals surface area contributed by atoms with E-state index in [2.05, 4.69) is 0 Å². The molecule has 0 bridgehead atoms. The molecule has 1 aromatic carbocycles. The van der Waals surface area contributed by atoms with E-state index in [9.17, 15) is 9.59 Å². The fraction of sp³-hybridized carbons (Fsp3) is 0.556. The van der Waals surface area contributed by atoms with Gasteiger partial charge < -0.3 is 9.64 Å². The number of nitrogens with zero attached hydrogens (tertiary/aromatic N) is 1. The van der Waals surface area contributed by atoms with E-state index in [1.165, 1.54) is 0 Å². The molecule has 0 N–H and O–H groups in total. The van der Waals surface area contributed by atoms with Gasteiger partial charge in [-0.3, -0.25) is 9.59 Å². The fourth-order valence-electron chi connectivity index (χ4n) is 2.96. The maximum absolute atomic E-state index is 12.6. The average molecular weight is 372 g/mol. The van der Waals surface area contributed by atoms with E-state index < -0.39 is 6.10 Å². The molecular weight excluding hydrogens is 349 g/mol. The molecule has 0 radical (unpaired) electrons. The normalized spacial score (nSPS) is 17.0. The number of piperidine rings is 1. The highest BCUT2D eigenvalue weighted by molar-refractivity contribution is 6.36. The van der Waals surface area contributed by atoms with E-state index in [0.29, 0.717) is 41.5 Å².